The molecule has 0 saturated carbocycles. The highest BCUT2D eigenvalue weighted by atomic mass is 32.2. The van der Waals surface area contributed by atoms with Crippen molar-refractivity contribution in [2.45, 2.75) is 24.7 Å². The summed E-state index contributed by atoms with van der Waals surface area (Å²) in [6.45, 7) is 0. The van der Waals surface area contributed by atoms with Crippen LogP contribution in [0.2, 0.25) is 0 Å². The molecule has 0 bridgehead atoms. The van der Waals surface area contributed by atoms with Crippen LogP contribution in [-0.2, 0) is 0 Å². The van der Waals surface area contributed by atoms with Gasteiger partial charge in [-0.3, -0.25) is 0 Å². The molecule has 4 heteroatoms. The number of ether oxygens (including phenoxy) is 1. The van der Waals surface area contributed by atoms with E-state index in [2.05, 4.69) is 4.37 Å². The molecule has 12 heavy (non-hydrogen) atoms. The molecule has 0 radical (unpaired) electrons. The van der Waals surface area contributed by atoms with Crippen molar-refractivity contribution in [3.05, 3.63) is 11.6 Å². The SMILES string of the molecule is c1nscc1OC1CCCCS1. The number of aromatic nitrogens is 1. The van der Waals surface area contributed by atoms with Gasteiger partial charge >= 0.3 is 0 Å². The summed E-state index contributed by atoms with van der Waals surface area (Å²) in [5, 5.41) is 1.95. The van der Waals surface area contributed by atoms with Crippen LogP contribution in [0.25, 0.3) is 0 Å². The summed E-state index contributed by atoms with van der Waals surface area (Å²) in [5.74, 6) is 2.17. The summed E-state index contributed by atoms with van der Waals surface area (Å²) < 4.78 is 9.70. The van der Waals surface area contributed by atoms with Crippen LogP contribution in [-0.4, -0.2) is 15.6 Å². The van der Waals surface area contributed by atoms with Crippen LogP contribution in [0.1, 0.15) is 19.3 Å². The van der Waals surface area contributed by atoms with E-state index in [1.807, 2.05) is 17.1 Å². The summed E-state index contributed by atoms with van der Waals surface area (Å²) in [7, 11) is 0. The largest absolute Gasteiger partial charge is 0.477 e. The molecule has 1 aromatic heterocycles. The standard InChI is InChI=1S/C8H11NOS2/c1-2-4-11-8(3-1)10-7-5-9-12-6-7/h5-6,8H,1-4H2. The zero-order chi connectivity index (χ0) is 8.23. The van der Waals surface area contributed by atoms with Crippen LogP contribution in [0.5, 0.6) is 5.75 Å². The minimum atomic E-state index is 0.371. The molecule has 1 unspecified atom stereocenters. The Labute approximate surface area is 80.5 Å². The van der Waals surface area contributed by atoms with E-state index < -0.39 is 0 Å². The molecule has 1 aromatic rings. The highest BCUT2D eigenvalue weighted by Gasteiger charge is 2.15. The van der Waals surface area contributed by atoms with Crippen molar-refractivity contribution >= 4 is 23.3 Å². The smallest absolute Gasteiger partial charge is 0.151 e. The van der Waals surface area contributed by atoms with E-state index in [0.717, 1.165) is 5.75 Å². The van der Waals surface area contributed by atoms with Crippen molar-refractivity contribution in [1.82, 2.24) is 4.37 Å². The summed E-state index contributed by atoms with van der Waals surface area (Å²) in [6, 6.07) is 0. The minimum Gasteiger partial charge on any atom is -0.477 e. The Balaban J connectivity index is 1.86. The van der Waals surface area contributed by atoms with Gasteiger partial charge in [0.1, 0.15) is 5.44 Å². The zero-order valence-electron chi connectivity index (χ0n) is 6.73. The van der Waals surface area contributed by atoms with Crippen molar-refractivity contribution in [2.24, 2.45) is 0 Å². The Morgan fingerprint density at radius 2 is 2.50 bits per heavy atom. The molecule has 1 fully saturated rings. The monoisotopic (exact) mass is 201 g/mol. The van der Waals surface area contributed by atoms with Crippen LogP contribution in [0.15, 0.2) is 11.6 Å². The highest BCUT2D eigenvalue weighted by molar-refractivity contribution is 7.99. The van der Waals surface area contributed by atoms with Crippen LogP contribution in [0.3, 0.4) is 0 Å². The van der Waals surface area contributed by atoms with Crippen LogP contribution in [0, 0.1) is 0 Å². The number of rotatable bonds is 2. The summed E-state index contributed by atoms with van der Waals surface area (Å²) in [5.41, 5.74) is 0.371. The highest BCUT2D eigenvalue weighted by Crippen LogP contribution is 2.27. The maximum Gasteiger partial charge on any atom is 0.151 e. The number of thioether (sulfide) groups is 1. The van der Waals surface area contributed by atoms with Crippen LogP contribution >= 0.6 is 23.3 Å². The Bertz CT molecular complexity index is 219. The summed E-state index contributed by atoms with van der Waals surface area (Å²) in [4.78, 5) is 0. The molecule has 0 amide bonds. The third kappa shape index (κ3) is 2.14. The lowest BCUT2D eigenvalue weighted by molar-refractivity contribution is 0.269. The van der Waals surface area contributed by atoms with E-state index in [4.69, 9.17) is 4.74 Å². The van der Waals surface area contributed by atoms with Gasteiger partial charge in [-0.25, -0.2) is 0 Å². The molecule has 1 saturated heterocycles. The first-order chi connectivity index (χ1) is 5.95. The fraction of sp³-hybridized carbons (Fsp3) is 0.625. The minimum absolute atomic E-state index is 0.371. The van der Waals surface area contributed by atoms with Crippen molar-refractivity contribution in [1.29, 1.82) is 0 Å². The lowest BCUT2D eigenvalue weighted by atomic mass is 10.2. The fourth-order valence-corrected chi connectivity index (χ4v) is 2.80. The predicted molar refractivity (Wildman–Crippen MR) is 52.8 cm³/mol. The van der Waals surface area contributed by atoms with Crippen molar-refractivity contribution < 1.29 is 4.74 Å². The zero-order valence-corrected chi connectivity index (χ0v) is 8.37. The van der Waals surface area contributed by atoms with Gasteiger partial charge < -0.3 is 4.74 Å². The lowest BCUT2D eigenvalue weighted by Crippen LogP contribution is -2.16. The van der Waals surface area contributed by atoms with Gasteiger partial charge in [-0.1, -0.05) is 0 Å². The third-order valence-electron chi connectivity index (χ3n) is 1.82. The summed E-state index contributed by atoms with van der Waals surface area (Å²) in [6.07, 6.45) is 5.61. The predicted octanol–water partition coefficient (Wildman–Crippen LogP) is 2.77. The van der Waals surface area contributed by atoms with Gasteiger partial charge in [0, 0.05) is 0 Å². The van der Waals surface area contributed by atoms with Crippen molar-refractivity contribution in [2.75, 3.05) is 5.75 Å². The first kappa shape index (κ1) is 8.38. The van der Waals surface area contributed by atoms with Gasteiger partial charge in [-0.05, 0) is 36.5 Å². The normalized spacial score (nSPS) is 23.8. The molecular formula is C8H11NOS2. The Morgan fingerprint density at radius 1 is 1.50 bits per heavy atom. The van der Waals surface area contributed by atoms with Crippen LogP contribution in [0.4, 0.5) is 0 Å². The fourth-order valence-electron chi connectivity index (χ4n) is 1.21. The van der Waals surface area contributed by atoms with E-state index in [1.165, 1.54) is 36.5 Å². The molecule has 1 atom stereocenters. The molecule has 0 aliphatic carbocycles. The van der Waals surface area contributed by atoms with Crippen molar-refractivity contribution in [3.8, 4) is 5.75 Å². The van der Waals surface area contributed by atoms with Crippen LogP contribution < -0.4 is 4.74 Å². The molecule has 1 aliphatic heterocycles. The van der Waals surface area contributed by atoms with Gasteiger partial charge in [0.25, 0.3) is 0 Å². The quantitative estimate of drug-likeness (QED) is 0.734. The molecule has 2 nitrogen and oxygen atoms in total. The first-order valence-corrected chi connectivity index (χ1v) is 6.01. The van der Waals surface area contributed by atoms with E-state index in [0.29, 0.717) is 5.44 Å². The lowest BCUT2D eigenvalue weighted by Gasteiger charge is -2.21. The Morgan fingerprint density at radius 3 is 3.17 bits per heavy atom. The molecule has 0 aromatic carbocycles. The average molecular weight is 201 g/mol. The van der Waals surface area contributed by atoms with E-state index in [1.54, 1.807) is 6.20 Å². The van der Waals surface area contributed by atoms with Gasteiger partial charge in [0.15, 0.2) is 5.75 Å². The topological polar surface area (TPSA) is 22.1 Å². The Hall–Kier alpha value is -0.220. The van der Waals surface area contributed by atoms with Gasteiger partial charge in [-0.15, -0.1) is 11.8 Å². The second kappa shape index (κ2) is 4.14. The molecule has 66 valence electrons. The van der Waals surface area contributed by atoms with E-state index in [9.17, 15) is 0 Å². The first-order valence-electron chi connectivity index (χ1n) is 4.13. The number of hydrogen-bond acceptors (Lipinski definition) is 4. The molecule has 0 spiro atoms. The molecule has 2 rings (SSSR count). The third-order valence-corrected chi connectivity index (χ3v) is 3.61. The maximum atomic E-state index is 5.71. The summed E-state index contributed by atoms with van der Waals surface area (Å²) >= 11 is 3.36. The van der Waals surface area contributed by atoms with Gasteiger partial charge in [-0.2, -0.15) is 4.37 Å². The molecular weight excluding hydrogens is 190 g/mol. The molecule has 0 N–H and O–H groups in total. The second-order valence-corrected chi connectivity index (χ2v) is 4.70. The molecule has 1 aliphatic rings. The molecule has 2 heterocycles. The van der Waals surface area contributed by atoms with E-state index >= 15 is 0 Å². The average Bonchev–Trinajstić information content (AvgIpc) is 2.59. The number of nitrogens with zero attached hydrogens (tertiary/aromatic N) is 1. The number of hydrogen-bond donors (Lipinski definition) is 0. The van der Waals surface area contributed by atoms with Crippen molar-refractivity contribution in [3.63, 3.8) is 0 Å². The van der Waals surface area contributed by atoms with E-state index in [-0.39, 0.29) is 0 Å². The maximum absolute atomic E-state index is 5.71. The van der Waals surface area contributed by atoms with Gasteiger partial charge in [0.05, 0.1) is 11.6 Å². The second-order valence-electron chi connectivity index (χ2n) is 2.77. The Kier molecular flexibility index (Phi) is 2.89. The van der Waals surface area contributed by atoms with Gasteiger partial charge in [0.2, 0.25) is 0 Å².